The minimum Gasteiger partial charge on any atom is -0.400 e. The molecule has 0 spiro atoms. The van der Waals surface area contributed by atoms with Gasteiger partial charge in [0.25, 0.3) is 0 Å². The number of hydrogen-bond acceptors (Lipinski definition) is 3. The van der Waals surface area contributed by atoms with E-state index in [-0.39, 0.29) is 5.41 Å². The fourth-order valence-electron chi connectivity index (χ4n) is 7.45. The predicted octanol–water partition coefficient (Wildman–Crippen LogP) is 5.48. The summed E-state index contributed by atoms with van der Waals surface area (Å²) in [5, 5.41) is 14.0. The summed E-state index contributed by atoms with van der Waals surface area (Å²) < 4.78 is 0. The molecule has 0 bridgehead atoms. The van der Waals surface area contributed by atoms with E-state index in [4.69, 9.17) is 10.2 Å². The van der Waals surface area contributed by atoms with Crippen LogP contribution in [0.3, 0.4) is 0 Å². The third kappa shape index (κ3) is 4.96. The predicted molar refractivity (Wildman–Crippen MR) is 114 cm³/mol. The normalized spacial score (nSPS) is 43.1. The van der Waals surface area contributed by atoms with Gasteiger partial charge in [0.2, 0.25) is 0 Å². The number of carbonyl (C=O) groups is 1. The number of aliphatic hydroxyl groups excluding tert-OH is 2. The van der Waals surface area contributed by atoms with Crippen molar-refractivity contribution >= 4 is 5.78 Å². The molecular weight excluding hydrogens is 336 g/mol. The molecule has 7 unspecified atom stereocenters. The van der Waals surface area contributed by atoms with Crippen LogP contribution in [0.15, 0.2) is 0 Å². The molecule has 3 saturated carbocycles. The summed E-state index contributed by atoms with van der Waals surface area (Å²) in [6.45, 7) is 11.7. The molecular formula is C24H46O3. The van der Waals surface area contributed by atoms with Gasteiger partial charge in [0.1, 0.15) is 5.78 Å². The quantitative estimate of drug-likeness (QED) is 0.680. The lowest BCUT2D eigenvalue weighted by molar-refractivity contribution is -0.134. The van der Waals surface area contributed by atoms with Gasteiger partial charge in [0, 0.05) is 20.6 Å². The van der Waals surface area contributed by atoms with Crippen molar-refractivity contribution in [3.05, 3.63) is 0 Å². The van der Waals surface area contributed by atoms with Crippen LogP contribution in [0.2, 0.25) is 0 Å². The van der Waals surface area contributed by atoms with Crippen LogP contribution in [-0.4, -0.2) is 30.2 Å². The Bertz CT molecular complexity index is 463. The van der Waals surface area contributed by atoms with Crippen molar-refractivity contribution in [2.45, 2.75) is 92.4 Å². The van der Waals surface area contributed by atoms with Gasteiger partial charge in [-0.05, 0) is 85.9 Å². The fraction of sp³-hybridized carbons (Fsp3) is 0.958. The second-order valence-electron chi connectivity index (χ2n) is 10.0. The number of ketones is 1. The first-order valence-corrected chi connectivity index (χ1v) is 11.2. The van der Waals surface area contributed by atoms with E-state index in [1.54, 1.807) is 6.92 Å². The van der Waals surface area contributed by atoms with Gasteiger partial charge in [-0.2, -0.15) is 0 Å². The van der Waals surface area contributed by atoms with Gasteiger partial charge in [-0.3, -0.25) is 0 Å². The molecule has 3 aliphatic rings. The van der Waals surface area contributed by atoms with Crippen LogP contribution < -0.4 is 0 Å². The minimum absolute atomic E-state index is 0.271. The smallest absolute Gasteiger partial charge is 0.130 e. The van der Waals surface area contributed by atoms with Crippen molar-refractivity contribution in [2.75, 3.05) is 14.2 Å². The van der Waals surface area contributed by atoms with E-state index in [1.165, 1.54) is 51.4 Å². The maximum absolute atomic E-state index is 11.9. The Hall–Kier alpha value is -0.410. The Morgan fingerprint density at radius 1 is 1.00 bits per heavy atom. The van der Waals surface area contributed by atoms with Crippen LogP contribution in [0.25, 0.3) is 0 Å². The summed E-state index contributed by atoms with van der Waals surface area (Å²) in [6, 6.07) is 0. The highest BCUT2D eigenvalue weighted by atomic mass is 16.2. The van der Waals surface area contributed by atoms with E-state index in [0.29, 0.717) is 11.2 Å². The van der Waals surface area contributed by atoms with Crippen LogP contribution in [0.1, 0.15) is 92.4 Å². The van der Waals surface area contributed by atoms with Gasteiger partial charge >= 0.3 is 0 Å². The number of hydrogen-bond donors (Lipinski definition) is 2. The Morgan fingerprint density at radius 3 is 2.19 bits per heavy atom. The molecule has 0 heterocycles. The number of carbonyl (C=O) groups excluding carboxylic acids is 1. The maximum Gasteiger partial charge on any atom is 0.130 e. The van der Waals surface area contributed by atoms with Crippen molar-refractivity contribution in [1.82, 2.24) is 0 Å². The standard InChI is InChI=1S/C22H38O.2CH4O/c1-6-19-18-8-7-17-13-15(2)9-12-22(17,5)20(18)10-11-21(19,4)14-16(3)23;2*1-2/h15,17-20H,6-14H2,1-5H3;2*2H,1H3. The Balaban J connectivity index is 0.000000855. The fourth-order valence-corrected chi connectivity index (χ4v) is 7.45. The molecule has 0 aromatic carbocycles. The van der Waals surface area contributed by atoms with Crippen LogP contribution >= 0.6 is 0 Å². The van der Waals surface area contributed by atoms with Crippen molar-refractivity contribution in [3.8, 4) is 0 Å². The van der Waals surface area contributed by atoms with Crippen molar-refractivity contribution in [2.24, 2.45) is 40.4 Å². The molecule has 3 fully saturated rings. The molecule has 0 aliphatic heterocycles. The summed E-state index contributed by atoms with van der Waals surface area (Å²) in [5.74, 6) is 4.89. The molecule has 3 heteroatoms. The van der Waals surface area contributed by atoms with Gasteiger partial charge < -0.3 is 15.0 Å². The van der Waals surface area contributed by atoms with Gasteiger partial charge in [0.15, 0.2) is 0 Å². The third-order valence-electron chi connectivity index (χ3n) is 8.54. The first-order valence-electron chi connectivity index (χ1n) is 11.2. The lowest BCUT2D eigenvalue weighted by Crippen LogP contribution is -2.53. The zero-order valence-corrected chi connectivity index (χ0v) is 19.1. The zero-order chi connectivity index (χ0) is 20.8. The first kappa shape index (κ1) is 24.6. The summed E-state index contributed by atoms with van der Waals surface area (Å²) >= 11 is 0. The average molecular weight is 383 g/mol. The summed E-state index contributed by atoms with van der Waals surface area (Å²) in [4.78, 5) is 11.9. The van der Waals surface area contributed by atoms with E-state index in [2.05, 4.69) is 27.7 Å². The first-order chi connectivity index (χ1) is 12.8. The van der Waals surface area contributed by atoms with Gasteiger partial charge in [-0.15, -0.1) is 0 Å². The van der Waals surface area contributed by atoms with Crippen LogP contribution in [-0.2, 0) is 4.79 Å². The topological polar surface area (TPSA) is 57.5 Å². The van der Waals surface area contributed by atoms with Crippen LogP contribution in [0.5, 0.6) is 0 Å². The largest absolute Gasteiger partial charge is 0.400 e. The molecule has 3 nitrogen and oxygen atoms in total. The van der Waals surface area contributed by atoms with Gasteiger partial charge in [0.05, 0.1) is 0 Å². The van der Waals surface area contributed by atoms with Gasteiger partial charge in [-0.1, -0.05) is 40.5 Å². The number of aliphatic hydroxyl groups is 2. The monoisotopic (exact) mass is 382 g/mol. The second-order valence-corrected chi connectivity index (χ2v) is 10.0. The molecule has 3 rings (SSSR count). The molecule has 0 saturated heterocycles. The highest BCUT2D eigenvalue weighted by molar-refractivity contribution is 5.76. The Kier molecular flexibility index (Phi) is 9.48. The molecule has 160 valence electrons. The molecule has 27 heavy (non-hydrogen) atoms. The van der Waals surface area contributed by atoms with E-state index in [0.717, 1.165) is 50.2 Å². The molecule has 7 atom stereocenters. The molecule has 0 amide bonds. The lowest BCUT2D eigenvalue weighted by atomic mass is 9.43. The average Bonchev–Trinajstić information content (AvgIpc) is 2.64. The highest BCUT2D eigenvalue weighted by Crippen LogP contribution is 2.64. The number of Topliss-reactive ketones (excluding diaryl/α,β-unsaturated/α-hetero) is 1. The van der Waals surface area contributed by atoms with Crippen LogP contribution in [0, 0.1) is 40.4 Å². The molecule has 0 radical (unpaired) electrons. The van der Waals surface area contributed by atoms with Crippen molar-refractivity contribution < 1.29 is 15.0 Å². The molecule has 3 aliphatic carbocycles. The van der Waals surface area contributed by atoms with E-state index >= 15 is 0 Å². The lowest BCUT2D eigenvalue weighted by Gasteiger charge is -2.61. The summed E-state index contributed by atoms with van der Waals surface area (Å²) in [6.07, 6.45) is 12.0. The van der Waals surface area contributed by atoms with E-state index in [9.17, 15) is 4.79 Å². The Labute approximate surface area is 168 Å². The molecule has 2 N–H and O–H groups in total. The number of rotatable bonds is 3. The molecule has 0 aromatic rings. The highest BCUT2D eigenvalue weighted by Gasteiger charge is 2.56. The van der Waals surface area contributed by atoms with Crippen molar-refractivity contribution in [1.29, 1.82) is 0 Å². The minimum atomic E-state index is 0.271. The molecule has 0 aromatic heterocycles. The summed E-state index contributed by atoms with van der Waals surface area (Å²) in [5.41, 5.74) is 0.868. The summed E-state index contributed by atoms with van der Waals surface area (Å²) in [7, 11) is 2.00. The third-order valence-corrected chi connectivity index (χ3v) is 8.54. The Morgan fingerprint density at radius 2 is 1.63 bits per heavy atom. The second kappa shape index (κ2) is 10.4. The van der Waals surface area contributed by atoms with E-state index < -0.39 is 0 Å². The van der Waals surface area contributed by atoms with Gasteiger partial charge in [-0.25, -0.2) is 0 Å². The van der Waals surface area contributed by atoms with E-state index in [1.807, 2.05) is 0 Å². The zero-order valence-electron chi connectivity index (χ0n) is 19.1. The van der Waals surface area contributed by atoms with Crippen LogP contribution in [0.4, 0.5) is 0 Å². The maximum atomic E-state index is 11.9. The number of fused-ring (bicyclic) bond motifs is 3. The van der Waals surface area contributed by atoms with Crippen molar-refractivity contribution in [3.63, 3.8) is 0 Å². The SMILES string of the molecule is CCC1C2CCC3CC(C)CCC3(C)C2CCC1(C)CC(C)=O.CO.CO.